The van der Waals surface area contributed by atoms with E-state index >= 15 is 0 Å². The van der Waals surface area contributed by atoms with Gasteiger partial charge in [0.05, 0.1) is 17.7 Å². The molecule has 1 atom stereocenters. The molecule has 0 N–H and O–H groups in total. The summed E-state index contributed by atoms with van der Waals surface area (Å²) < 4.78 is 12.3. The molecule has 2 aliphatic heterocycles. The fourth-order valence-corrected chi connectivity index (χ4v) is 4.55. The summed E-state index contributed by atoms with van der Waals surface area (Å²) in [5, 5.41) is 0. The van der Waals surface area contributed by atoms with Crippen molar-refractivity contribution in [3.63, 3.8) is 0 Å². The minimum Gasteiger partial charge on any atom is -0.408 e. The maximum Gasteiger partial charge on any atom is 0.420 e. The Morgan fingerprint density at radius 3 is 2.79 bits per heavy atom. The van der Waals surface area contributed by atoms with E-state index in [0.717, 1.165) is 13.0 Å². The van der Waals surface area contributed by atoms with Gasteiger partial charge >= 0.3 is 5.76 Å². The Balaban J connectivity index is 1.40. The van der Waals surface area contributed by atoms with Gasteiger partial charge in [0.1, 0.15) is 6.54 Å². The monoisotopic (exact) mass is 399 g/mol. The zero-order valence-electron chi connectivity index (χ0n) is 16.3. The van der Waals surface area contributed by atoms with E-state index in [1.54, 1.807) is 23.1 Å². The minimum absolute atomic E-state index is 0.0937. The highest BCUT2D eigenvalue weighted by molar-refractivity contribution is 5.82. The number of carbonyl (C=O) groups excluding carboxylic acids is 2. The van der Waals surface area contributed by atoms with Crippen LogP contribution in [0.1, 0.15) is 25.7 Å². The lowest BCUT2D eigenvalue weighted by Gasteiger charge is -2.40. The topological polar surface area (TPSA) is 85.0 Å². The van der Waals surface area contributed by atoms with Crippen LogP contribution in [0.25, 0.3) is 11.1 Å². The summed E-state index contributed by atoms with van der Waals surface area (Å²) in [7, 11) is 0. The van der Waals surface area contributed by atoms with Gasteiger partial charge in [-0.25, -0.2) is 4.79 Å². The number of carbonyl (C=O) groups is 2. The number of fused-ring (bicyclic) bond motifs is 1. The van der Waals surface area contributed by atoms with Gasteiger partial charge in [-0.05, 0) is 37.3 Å². The molecule has 8 nitrogen and oxygen atoms in total. The largest absolute Gasteiger partial charge is 0.420 e. The van der Waals surface area contributed by atoms with Gasteiger partial charge in [-0.1, -0.05) is 12.1 Å². The molecule has 154 valence electrons. The molecular weight excluding hydrogens is 374 g/mol. The van der Waals surface area contributed by atoms with Crippen molar-refractivity contribution >= 4 is 22.9 Å². The summed E-state index contributed by atoms with van der Waals surface area (Å²) in [5.41, 5.74) is 0.619. The molecule has 2 saturated heterocycles. The van der Waals surface area contributed by atoms with E-state index in [2.05, 4.69) is 0 Å². The number of rotatable bonds is 4. The van der Waals surface area contributed by atoms with Crippen molar-refractivity contribution in [2.24, 2.45) is 5.92 Å². The second-order valence-corrected chi connectivity index (χ2v) is 8.46. The highest BCUT2D eigenvalue weighted by Crippen LogP contribution is 2.36. The number of ether oxygens (including phenoxy) is 1. The van der Waals surface area contributed by atoms with Crippen molar-refractivity contribution in [3.8, 4) is 0 Å². The molecule has 3 heterocycles. The number of nitrogens with zero attached hydrogens (tertiary/aromatic N) is 3. The van der Waals surface area contributed by atoms with E-state index < -0.39 is 11.3 Å². The lowest BCUT2D eigenvalue weighted by Crippen LogP contribution is -2.57. The van der Waals surface area contributed by atoms with Crippen molar-refractivity contribution < 1.29 is 18.7 Å². The van der Waals surface area contributed by atoms with Gasteiger partial charge in [-0.2, -0.15) is 0 Å². The molecule has 1 aromatic carbocycles. The molecule has 8 heteroatoms. The van der Waals surface area contributed by atoms with Crippen molar-refractivity contribution in [1.82, 2.24) is 14.4 Å². The van der Waals surface area contributed by atoms with Crippen LogP contribution in [0.15, 0.2) is 33.5 Å². The van der Waals surface area contributed by atoms with E-state index in [9.17, 15) is 14.4 Å². The molecule has 3 fully saturated rings. The minimum atomic E-state index is -0.542. The van der Waals surface area contributed by atoms with E-state index in [4.69, 9.17) is 9.15 Å². The number of para-hydroxylation sites is 2. The first-order chi connectivity index (χ1) is 14.1. The summed E-state index contributed by atoms with van der Waals surface area (Å²) >= 11 is 0. The average molecular weight is 399 g/mol. The number of hydrogen-bond donors (Lipinski definition) is 0. The zero-order chi connectivity index (χ0) is 20.0. The van der Waals surface area contributed by atoms with E-state index in [0.29, 0.717) is 49.7 Å². The first-order valence-corrected chi connectivity index (χ1v) is 10.3. The third kappa shape index (κ3) is 3.35. The Bertz CT molecular complexity index is 999. The first kappa shape index (κ1) is 18.4. The number of aromatic nitrogens is 1. The Labute approximate surface area is 168 Å². The molecule has 1 saturated carbocycles. The van der Waals surface area contributed by atoms with Gasteiger partial charge in [0.2, 0.25) is 11.8 Å². The fraction of sp³-hybridized carbons (Fsp3) is 0.571. The normalized spacial score (nSPS) is 25.2. The Morgan fingerprint density at radius 1 is 1.21 bits per heavy atom. The van der Waals surface area contributed by atoms with Crippen LogP contribution in [0.5, 0.6) is 0 Å². The van der Waals surface area contributed by atoms with Gasteiger partial charge in [-0.3, -0.25) is 14.2 Å². The van der Waals surface area contributed by atoms with Crippen molar-refractivity contribution in [3.05, 3.63) is 34.8 Å². The highest BCUT2D eigenvalue weighted by Gasteiger charge is 2.48. The summed E-state index contributed by atoms with van der Waals surface area (Å²) in [5.74, 6) is -0.0381. The van der Waals surface area contributed by atoms with Gasteiger partial charge in [0, 0.05) is 32.7 Å². The SMILES string of the molecule is O=C(Cn1c(=O)oc2ccccc21)N1CCC(=O)N(CC2CC2)C2(CCOC2)C1. The van der Waals surface area contributed by atoms with Crippen LogP contribution in [-0.4, -0.2) is 64.6 Å². The van der Waals surface area contributed by atoms with Gasteiger partial charge in [0.25, 0.3) is 0 Å². The van der Waals surface area contributed by atoms with Crippen LogP contribution in [0, 0.1) is 5.92 Å². The third-order valence-electron chi connectivity index (χ3n) is 6.39. The number of benzene rings is 1. The van der Waals surface area contributed by atoms with Gasteiger partial charge < -0.3 is 19.0 Å². The molecule has 0 radical (unpaired) electrons. The first-order valence-electron chi connectivity index (χ1n) is 10.3. The molecule has 3 aliphatic rings. The van der Waals surface area contributed by atoms with Crippen molar-refractivity contribution in [2.75, 3.05) is 32.8 Å². The van der Waals surface area contributed by atoms with Gasteiger partial charge in [0.15, 0.2) is 5.58 Å². The summed E-state index contributed by atoms with van der Waals surface area (Å²) in [6.45, 7) is 2.55. The van der Waals surface area contributed by atoms with Crippen LogP contribution >= 0.6 is 0 Å². The number of oxazole rings is 1. The molecule has 1 aromatic heterocycles. The van der Waals surface area contributed by atoms with Crippen LogP contribution in [0.4, 0.5) is 0 Å². The molecule has 2 amide bonds. The van der Waals surface area contributed by atoms with Gasteiger partial charge in [-0.15, -0.1) is 0 Å². The smallest absolute Gasteiger partial charge is 0.408 e. The van der Waals surface area contributed by atoms with E-state index in [1.807, 2.05) is 11.0 Å². The van der Waals surface area contributed by atoms with Crippen LogP contribution in [-0.2, 0) is 20.9 Å². The number of amides is 2. The van der Waals surface area contributed by atoms with E-state index in [1.165, 1.54) is 17.4 Å². The highest BCUT2D eigenvalue weighted by atomic mass is 16.5. The lowest BCUT2D eigenvalue weighted by atomic mass is 9.95. The standard InChI is InChI=1S/C21H25N3O5/c25-18-7-9-22(13-21(8-10-28-14-21)24(18)11-15-5-6-15)19(26)12-23-16-3-1-2-4-17(16)29-20(23)27/h1-4,15H,5-14H2. The van der Waals surface area contributed by atoms with Crippen molar-refractivity contribution in [1.29, 1.82) is 0 Å². The maximum atomic E-state index is 13.2. The molecule has 29 heavy (non-hydrogen) atoms. The third-order valence-corrected chi connectivity index (χ3v) is 6.39. The van der Waals surface area contributed by atoms with Crippen molar-refractivity contribution in [2.45, 2.75) is 37.8 Å². The quantitative estimate of drug-likeness (QED) is 0.772. The maximum absolute atomic E-state index is 13.2. The molecular formula is C21H25N3O5. The summed E-state index contributed by atoms with van der Waals surface area (Å²) in [4.78, 5) is 42.0. The average Bonchev–Trinajstić information content (AvgIpc) is 3.36. The summed E-state index contributed by atoms with van der Waals surface area (Å²) in [6, 6.07) is 7.08. The zero-order valence-corrected chi connectivity index (χ0v) is 16.3. The Hall–Kier alpha value is -2.61. The second kappa shape index (κ2) is 7.02. The summed E-state index contributed by atoms with van der Waals surface area (Å²) in [6.07, 6.45) is 3.38. The van der Waals surface area contributed by atoms with Crippen LogP contribution in [0.3, 0.4) is 0 Å². The molecule has 1 unspecified atom stereocenters. The molecule has 1 aliphatic carbocycles. The fourth-order valence-electron chi connectivity index (χ4n) is 4.55. The molecule has 5 rings (SSSR count). The van der Waals surface area contributed by atoms with Crippen LogP contribution < -0.4 is 5.76 Å². The molecule has 0 bridgehead atoms. The lowest BCUT2D eigenvalue weighted by molar-refractivity contribution is -0.138. The molecule has 2 aromatic rings. The second-order valence-electron chi connectivity index (χ2n) is 8.46. The molecule has 1 spiro atoms. The Kier molecular flexibility index (Phi) is 4.46. The van der Waals surface area contributed by atoms with Crippen LogP contribution in [0.2, 0.25) is 0 Å². The number of hydrogen-bond acceptors (Lipinski definition) is 5. The van der Waals surface area contributed by atoms with E-state index in [-0.39, 0.29) is 18.4 Å². The Morgan fingerprint density at radius 2 is 2.03 bits per heavy atom. The predicted molar refractivity (Wildman–Crippen MR) is 104 cm³/mol. The predicted octanol–water partition coefficient (Wildman–Crippen LogP) is 1.22.